The molecule has 1 heterocycles. The van der Waals surface area contributed by atoms with E-state index in [1.807, 2.05) is 16.8 Å². The predicted molar refractivity (Wildman–Crippen MR) is 70.4 cm³/mol. The SMILES string of the molecule is CCCn1nccc1C(O)C1Cc2ccccc21. The number of aliphatic hydroxyl groups is 1. The normalized spacial score (nSPS) is 19.1. The summed E-state index contributed by atoms with van der Waals surface area (Å²) in [7, 11) is 0. The Balaban J connectivity index is 1.84. The fraction of sp³-hybridized carbons (Fsp3) is 0.400. The lowest BCUT2D eigenvalue weighted by atomic mass is 9.74. The summed E-state index contributed by atoms with van der Waals surface area (Å²) in [6, 6.07) is 10.3. The maximum Gasteiger partial charge on any atom is 0.103 e. The molecule has 2 unspecified atom stereocenters. The first-order valence-electron chi connectivity index (χ1n) is 6.59. The molecule has 0 bridgehead atoms. The van der Waals surface area contributed by atoms with Gasteiger partial charge in [-0.3, -0.25) is 4.68 Å². The van der Waals surface area contributed by atoms with E-state index in [2.05, 4.69) is 30.2 Å². The predicted octanol–water partition coefficient (Wildman–Crippen LogP) is 2.67. The highest BCUT2D eigenvalue weighted by Gasteiger charge is 2.33. The summed E-state index contributed by atoms with van der Waals surface area (Å²) in [5.41, 5.74) is 3.59. The molecule has 0 aliphatic heterocycles. The molecule has 1 aliphatic carbocycles. The number of hydrogen-bond donors (Lipinski definition) is 1. The van der Waals surface area contributed by atoms with Crippen LogP contribution in [-0.4, -0.2) is 14.9 Å². The van der Waals surface area contributed by atoms with E-state index in [0.29, 0.717) is 0 Å². The summed E-state index contributed by atoms with van der Waals surface area (Å²) in [5.74, 6) is 0.230. The number of hydrogen-bond acceptors (Lipinski definition) is 2. The van der Waals surface area contributed by atoms with Gasteiger partial charge in [0.25, 0.3) is 0 Å². The molecular formula is C15H18N2O. The maximum atomic E-state index is 10.5. The van der Waals surface area contributed by atoms with E-state index >= 15 is 0 Å². The first-order chi connectivity index (χ1) is 8.81. The van der Waals surface area contributed by atoms with Crippen LogP contribution in [0, 0.1) is 0 Å². The fourth-order valence-corrected chi connectivity index (χ4v) is 2.78. The van der Waals surface area contributed by atoms with Gasteiger partial charge in [-0.2, -0.15) is 5.10 Å². The van der Waals surface area contributed by atoms with E-state index in [4.69, 9.17) is 0 Å². The van der Waals surface area contributed by atoms with Gasteiger partial charge < -0.3 is 5.11 Å². The summed E-state index contributed by atoms with van der Waals surface area (Å²) < 4.78 is 1.92. The van der Waals surface area contributed by atoms with Crippen LogP contribution in [0.15, 0.2) is 36.5 Å². The van der Waals surface area contributed by atoms with Crippen molar-refractivity contribution in [2.24, 2.45) is 0 Å². The van der Waals surface area contributed by atoms with Crippen LogP contribution < -0.4 is 0 Å². The third-order valence-electron chi connectivity index (χ3n) is 3.76. The van der Waals surface area contributed by atoms with Crippen molar-refractivity contribution in [1.29, 1.82) is 0 Å². The smallest absolute Gasteiger partial charge is 0.103 e. The van der Waals surface area contributed by atoms with Crippen LogP contribution in [-0.2, 0) is 13.0 Å². The Hall–Kier alpha value is -1.61. The summed E-state index contributed by atoms with van der Waals surface area (Å²) in [6.45, 7) is 2.99. The number of aryl methyl sites for hydroxylation is 1. The van der Waals surface area contributed by atoms with Crippen molar-refractivity contribution in [3.05, 3.63) is 53.3 Å². The number of nitrogens with zero attached hydrogens (tertiary/aromatic N) is 2. The third kappa shape index (κ3) is 1.75. The van der Waals surface area contributed by atoms with Gasteiger partial charge in [0.05, 0.1) is 5.69 Å². The van der Waals surface area contributed by atoms with Crippen molar-refractivity contribution in [1.82, 2.24) is 9.78 Å². The minimum atomic E-state index is -0.436. The molecule has 3 nitrogen and oxygen atoms in total. The van der Waals surface area contributed by atoms with Gasteiger partial charge in [0, 0.05) is 18.7 Å². The number of rotatable bonds is 4. The lowest BCUT2D eigenvalue weighted by molar-refractivity contribution is 0.124. The zero-order valence-corrected chi connectivity index (χ0v) is 10.6. The molecule has 1 aromatic carbocycles. The molecule has 1 N–H and O–H groups in total. The zero-order valence-electron chi connectivity index (χ0n) is 10.6. The van der Waals surface area contributed by atoms with E-state index in [-0.39, 0.29) is 5.92 Å². The highest BCUT2D eigenvalue weighted by atomic mass is 16.3. The Morgan fingerprint density at radius 3 is 3.00 bits per heavy atom. The van der Waals surface area contributed by atoms with E-state index in [1.54, 1.807) is 6.20 Å². The molecule has 0 fully saturated rings. The second-order valence-corrected chi connectivity index (χ2v) is 4.93. The fourth-order valence-electron chi connectivity index (χ4n) is 2.78. The Labute approximate surface area is 107 Å². The molecular weight excluding hydrogens is 224 g/mol. The lowest BCUT2D eigenvalue weighted by Gasteiger charge is -2.34. The first kappa shape index (κ1) is 11.5. The highest BCUT2D eigenvalue weighted by molar-refractivity contribution is 5.41. The molecule has 3 heteroatoms. The van der Waals surface area contributed by atoms with Gasteiger partial charge in [-0.25, -0.2) is 0 Å². The van der Waals surface area contributed by atoms with Gasteiger partial charge in [0.2, 0.25) is 0 Å². The maximum absolute atomic E-state index is 10.5. The molecule has 94 valence electrons. The molecule has 0 saturated carbocycles. The number of aromatic nitrogens is 2. The van der Waals surface area contributed by atoms with Crippen molar-refractivity contribution in [3.63, 3.8) is 0 Å². The van der Waals surface area contributed by atoms with E-state index in [9.17, 15) is 5.11 Å². The Morgan fingerprint density at radius 1 is 1.39 bits per heavy atom. The quantitative estimate of drug-likeness (QED) is 0.895. The third-order valence-corrected chi connectivity index (χ3v) is 3.76. The summed E-state index contributed by atoms with van der Waals surface area (Å²) in [6.07, 6.45) is 3.34. The minimum absolute atomic E-state index is 0.230. The minimum Gasteiger partial charge on any atom is -0.386 e. The van der Waals surface area contributed by atoms with Gasteiger partial charge in [0.15, 0.2) is 0 Å². The summed E-state index contributed by atoms with van der Waals surface area (Å²) >= 11 is 0. The molecule has 1 aliphatic rings. The van der Waals surface area contributed by atoms with Crippen LogP contribution in [0.5, 0.6) is 0 Å². The Kier molecular flexibility index (Phi) is 2.92. The first-order valence-corrected chi connectivity index (χ1v) is 6.59. The molecule has 3 rings (SSSR count). The second kappa shape index (κ2) is 4.58. The van der Waals surface area contributed by atoms with Crippen LogP contribution in [0.4, 0.5) is 0 Å². The molecule has 18 heavy (non-hydrogen) atoms. The van der Waals surface area contributed by atoms with Crippen LogP contribution in [0.25, 0.3) is 0 Å². The van der Waals surface area contributed by atoms with Crippen LogP contribution >= 0.6 is 0 Å². The molecule has 0 saturated heterocycles. The van der Waals surface area contributed by atoms with Crippen LogP contribution in [0.3, 0.4) is 0 Å². The van der Waals surface area contributed by atoms with E-state index in [0.717, 1.165) is 25.1 Å². The molecule has 0 amide bonds. The van der Waals surface area contributed by atoms with Crippen molar-refractivity contribution in [2.75, 3.05) is 0 Å². The lowest BCUT2D eigenvalue weighted by Crippen LogP contribution is -2.25. The van der Waals surface area contributed by atoms with Crippen molar-refractivity contribution < 1.29 is 5.11 Å². The van der Waals surface area contributed by atoms with Gasteiger partial charge in [-0.05, 0) is 30.0 Å². The second-order valence-electron chi connectivity index (χ2n) is 4.93. The Morgan fingerprint density at radius 2 is 2.22 bits per heavy atom. The van der Waals surface area contributed by atoms with Crippen LogP contribution in [0.1, 0.15) is 42.2 Å². The molecule has 2 aromatic rings. The van der Waals surface area contributed by atoms with Crippen LogP contribution in [0.2, 0.25) is 0 Å². The molecule has 2 atom stereocenters. The van der Waals surface area contributed by atoms with Gasteiger partial charge in [-0.15, -0.1) is 0 Å². The Bertz CT molecular complexity index is 547. The summed E-state index contributed by atoms with van der Waals surface area (Å²) in [4.78, 5) is 0. The topological polar surface area (TPSA) is 38.0 Å². The molecule has 0 radical (unpaired) electrons. The van der Waals surface area contributed by atoms with E-state index in [1.165, 1.54) is 11.1 Å². The highest BCUT2D eigenvalue weighted by Crippen LogP contribution is 2.43. The standard InChI is InChI=1S/C15H18N2O/c1-2-9-17-14(7-8-16-17)15(18)13-10-11-5-3-4-6-12(11)13/h3-8,13,15,18H,2,9-10H2,1H3. The van der Waals surface area contributed by atoms with Gasteiger partial charge in [-0.1, -0.05) is 31.2 Å². The number of fused-ring (bicyclic) bond motifs is 1. The molecule has 0 spiro atoms. The largest absolute Gasteiger partial charge is 0.386 e. The average molecular weight is 242 g/mol. The van der Waals surface area contributed by atoms with Crippen molar-refractivity contribution in [2.45, 2.75) is 38.3 Å². The van der Waals surface area contributed by atoms with Crippen molar-refractivity contribution >= 4 is 0 Å². The number of benzene rings is 1. The monoisotopic (exact) mass is 242 g/mol. The van der Waals surface area contributed by atoms with E-state index < -0.39 is 6.10 Å². The average Bonchev–Trinajstić information content (AvgIpc) is 2.79. The van der Waals surface area contributed by atoms with Gasteiger partial charge in [0.1, 0.15) is 6.10 Å². The molecule has 1 aromatic heterocycles. The van der Waals surface area contributed by atoms with Gasteiger partial charge >= 0.3 is 0 Å². The summed E-state index contributed by atoms with van der Waals surface area (Å²) in [5, 5.41) is 14.8. The number of aliphatic hydroxyl groups excluding tert-OH is 1. The zero-order chi connectivity index (χ0) is 12.5. The van der Waals surface area contributed by atoms with Crippen molar-refractivity contribution in [3.8, 4) is 0 Å².